The molecule has 5 aliphatic rings. The molecule has 1 aromatic heterocycles. The van der Waals surface area contributed by atoms with Crippen LogP contribution in [0, 0.1) is 37.0 Å². The lowest BCUT2D eigenvalue weighted by Gasteiger charge is -2.55. The van der Waals surface area contributed by atoms with E-state index in [1.54, 1.807) is 0 Å². The third-order valence-corrected chi connectivity index (χ3v) is 9.92. The molecule has 1 saturated heterocycles. The summed E-state index contributed by atoms with van der Waals surface area (Å²) < 4.78 is 2.52. The molecule has 4 saturated carbocycles. The van der Waals surface area contributed by atoms with Gasteiger partial charge in [-0.3, -0.25) is 15.0 Å². The molecule has 35 heavy (non-hydrogen) atoms. The molecular formula is C27H28ClN3O2S2. The molecule has 7 rings (SSSR count). The Morgan fingerprint density at radius 2 is 1.71 bits per heavy atom. The zero-order valence-electron chi connectivity index (χ0n) is 19.8. The Morgan fingerprint density at radius 1 is 1.11 bits per heavy atom. The van der Waals surface area contributed by atoms with E-state index in [0.29, 0.717) is 32.0 Å². The van der Waals surface area contributed by atoms with Crippen molar-refractivity contribution < 1.29 is 9.59 Å². The van der Waals surface area contributed by atoms with Crippen LogP contribution in [0.3, 0.4) is 0 Å². The Hall–Kier alpha value is -2.09. The average Bonchev–Trinajstić information content (AvgIpc) is 3.22. The first kappa shape index (κ1) is 23.3. The van der Waals surface area contributed by atoms with E-state index in [2.05, 4.69) is 16.1 Å². The molecule has 0 atom stereocenters. The Balaban J connectivity index is 1.22. The van der Waals surface area contributed by atoms with Crippen LogP contribution >= 0.6 is 35.6 Å². The molecule has 5 nitrogen and oxygen atoms in total. The van der Waals surface area contributed by atoms with E-state index in [0.717, 1.165) is 41.9 Å². The lowest BCUT2D eigenvalue weighted by Crippen LogP contribution is -2.57. The van der Waals surface area contributed by atoms with Crippen LogP contribution in [0.5, 0.6) is 0 Å². The highest BCUT2D eigenvalue weighted by molar-refractivity contribution is 8.26. The molecule has 4 aliphatic carbocycles. The molecule has 1 N–H and O–H groups in total. The van der Waals surface area contributed by atoms with Gasteiger partial charge in [-0.25, -0.2) is 0 Å². The van der Waals surface area contributed by atoms with Crippen molar-refractivity contribution in [3.8, 4) is 5.69 Å². The van der Waals surface area contributed by atoms with E-state index in [1.807, 2.05) is 44.2 Å². The summed E-state index contributed by atoms with van der Waals surface area (Å²) in [6.07, 6.45) is 8.54. The second-order valence-corrected chi connectivity index (χ2v) is 12.9. The molecule has 2 amide bonds. The smallest absolute Gasteiger partial charge is 0.285 e. The number of thiocarbonyl (C=S) groups is 1. The number of halogens is 1. The third kappa shape index (κ3) is 3.96. The lowest BCUT2D eigenvalue weighted by molar-refractivity contribution is -0.152. The van der Waals surface area contributed by atoms with Crippen LogP contribution in [0.1, 0.15) is 55.5 Å². The van der Waals surface area contributed by atoms with Crippen LogP contribution in [0.2, 0.25) is 5.02 Å². The second-order valence-electron chi connectivity index (χ2n) is 10.8. The van der Waals surface area contributed by atoms with Gasteiger partial charge in [0, 0.05) is 22.1 Å². The quantitative estimate of drug-likeness (QED) is 0.381. The van der Waals surface area contributed by atoms with Crippen molar-refractivity contribution >= 4 is 57.8 Å². The van der Waals surface area contributed by atoms with Gasteiger partial charge in [0.1, 0.15) is 0 Å². The standard InChI is InChI=1S/C27H28ClN3O2S2/c1-15-7-20(16(2)30(15)22-5-3-21(28)4-6-22)11-23-24(32)31(26(34)35-23)29-25(33)27-12-17-8-18(13-27)10-19(9-17)14-27/h3-7,11,17-19H,8-10,12-14H2,1-2H3,(H,29,33)/b23-11+. The minimum atomic E-state index is -0.328. The maximum absolute atomic E-state index is 13.5. The number of thioether (sulfide) groups is 1. The number of hydrazine groups is 1. The molecule has 1 aliphatic heterocycles. The fraction of sp³-hybridized carbons (Fsp3) is 0.444. The number of hydrogen-bond acceptors (Lipinski definition) is 4. The fourth-order valence-electron chi connectivity index (χ4n) is 7.24. The Kier molecular flexibility index (Phi) is 5.66. The normalized spacial score (nSPS) is 30.5. The van der Waals surface area contributed by atoms with Crippen molar-refractivity contribution in [1.82, 2.24) is 15.0 Å². The first-order chi connectivity index (χ1) is 16.7. The Morgan fingerprint density at radius 3 is 2.31 bits per heavy atom. The molecule has 5 fully saturated rings. The van der Waals surface area contributed by atoms with Crippen LogP contribution < -0.4 is 5.43 Å². The zero-order chi connectivity index (χ0) is 24.5. The maximum atomic E-state index is 13.5. The first-order valence-corrected chi connectivity index (χ1v) is 13.9. The molecule has 1 aromatic carbocycles. The van der Waals surface area contributed by atoms with E-state index in [1.165, 1.54) is 36.0 Å². The molecular weight excluding hydrogens is 498 g/mol. The Bertz CT molecular complexity index is 1240. The van der Waals surface area contributed by atoms with Crippen molar-refractivity contribution in [2.75, 3.05) is 0 Å². The summed E-state index contributed by atoms with van der Waals surface area (Å²) in [5.74, 6) is 1.71. The largest absolute Gasteiger partial charge is 0.318 e. The van der Waals surface area contributed by atoms with Gasteiger partial charge in [-0.05, 0) is 124 Å². The summed E-state index contributed by atoms with van der Waals surface area (Å²) in [7, 11) is 0. The SMILES string of the molecule is Cc1cc(/C=C2/SC(=S)N(NC(=O)C34CC5CC(CC(C5)C3)C4)C2=O)c(C)n1-c1ccc(Cl)cc1. The van der Waals surface area contributed by atoms with Crippen LogP contribution in [-0.4, -0.2) is 25.7 Å². The first-order valence-electron chi connectivity index (χ1n) is 12.3. The summed E-state index contributed by atoms with van der Waals surface area (Å²) in [5, 5.41) is 1.99. The predicted molar refractivity (Wildman–Crippen MR) is 144 cm³/mol. The summed E-state index contributed by atoms with van der Waals surface area (Å²) in [6.45, 7) is 4.07. The molecule has 0 unspecified atom stereocenters. The predicted octanol–water partition coefficient (Wildman–Crippen LogP) is 6.20. The monoisotopic (exact) mass is 525 g/mol. The van der Waals surface area contributed by atoms with Crippen molar-refractivity contribution in [2.45, 2.75) is 52.4 Å². The molecule has 8 heteroatoms. The number of nitrogens with one attached hydrogen (secondary N) is 1. The highest BCUT2D eigenvalue weighted by Crippen LogP contribution is 2.60. The van der Waals surface area contributed by atoms with Crippen molar-refractivity contribution in [3.05, 3.63) is 57.2 Å². The highest BCUT2D eigenvalue weighted by atomic mass is 35.5. The lowest BCUT2D eigenvalue weighted by atomic mass is 9.49. The zero-order valence-corrected chi connectivity index (χ0v) is 22.2. The number of rotatable bonds is 4. The minimum absolute atomic E-state index is 0.0185. The number of benzene rings is 1. The topological polar surface area (TPSA) is 54.3 Å². The number of aryl methyl sites for hydroxylation is 1. The van der Waals surface area contributed by atoms with Gasteiger partial charge in [0.25, 0.3) is 5.91 Å². The molecule has 0 radical (unpaired) electrons. The minimum Gasteiger partial charge on any atom is -0.318 e. The number of nitrogens with zero attached hydrogens (tertiary/aromatic N) is 2. The summed E-state index contributed by atoms with van der Waals surface area (Å²) in [5.41, 5.74) is 6.65. The third-order valence-electron chi connectivity index (χ3n) is 8.37. The van der Waals surface area contributed by atoms with Crippen LogP contribution in [0.15, 0.2) is 35.2 Å². The summed E-state index contributed by atoms with van der Waals surface area (Å²) >= 11 is 12.8. The van der Waals surface area contributed by atoms with Gasteiger partial charge in [0.05, 0.1) is 10.3 Å². The Labute approximate surface area is 220 Å². The highest BCUT2D eigenvalue weighted by Gasteiger charge is 2.55. The maximum Gasteiger partial charge on any atom is 0.285 e. The van der Waals surface area contributed by atoms with Gasteiger partial charge in [-0.15, -0.1) is 0 Å². The van der Waals surface area contributed by atoms with Crippen LogP contribution in [0.4, 0.5) is 0 Å². The molecule has 182 valence electrons. The number of aromatic nitrogens is 1. The van der Waals surface area contributed by atoms with E-state index in [9.17, 15) is 9.59 Å². The molecule has 4 bridgehead atoms. The number of carbonyl (C=O) groups is 2. The van der Waals surface area contributed by atoms with Crippen LogP contribution in [-0.2, 0) is 9.59 Å². The number of amides is 2. The number of carbonyl (C=O) groups excluding carboxylic acids is 2. The van der Waals surface area contributed by atoms with Gasteiger partial charge in [0.2, 0.25) is 5.91 Å². The van der Waals surface area contributed by atoms with Gasteiger partial charge in [-0.1, -0.05) is 23.4 Å². The summed E-state index contributed by atoms with van der Waals surface area (Å²) in [6, 6.07) is 9.75. The van der Waals surface area contributed by atoms with Crippen molar-refractivity contribution in [2.24, 2.45) is 23.2 Å². The second kappa shape index (κ2) is 8.49. The van der Waals surface area contributed by atoms with E-state index < -0.39 is 0 Å². The summed E-state index contributed by atoms with van der Waals surface area (Å²) in [4.78, 5) is 27.3. The number of hydrogen-bond donors (Lipinski definition) is 1. The van der Waals surface area contributed by atoms with E-state index >= 15 is 0 Å². The van der Waals surface area contributed by atoms with E-state index in [4.69, 9.17) is 23.8 Å². The van der Waals surface area contributed by atoms with E-state index in [-0.39, 0.29) is 17.2 Å². The van der Waals surface area contributed by atoms with Crippen LogP contribution in [0.25, 0.3) is 11.8 Å². The molecule has 2 aromatic rings. The van der Waals surface area contributed by atoms with Gasteiger partial charge in [0.15, 0.2) is 4.32 Å². The van der Waals surface area contributed by atoms with Gasteiger partial charge < -0.3 is 4.57 Å². The molecule has 0 spiro atoms. The molecule has 2 heterocycles. The average molecular weight is 526 g/mol. The fourth-order valence-corrected chi connectivity index (χ4v) is 8.53. The van der Waals surface area contributed by atoms with Crippen molar-refractivity contribution in [3.63, 3.8) is 0 Å². The van der Waals surface area contributed by atoms with Crippen molar-refractivity contribution in [1.29, 1.82) is 0 Å². The van der Waals surface area contributed by atoms with Gasteiger partial charge in [-0.2, -0.15) is 5.01 Å². The van der Waals surface area contributed by atoms with Gasteiger partial charge >= 0.3 is 0 Å².